The van der Waals surface area contributed by atoms with Gasteiger partial charge in [-0.15, -0.1) is 0 Å². The molecular formula is C13H21N3O3S. The summed E-state index contributed by atoms with van der Waals surface area (Å²) in [6.45, 7) is 5.30. The minimum atomic E-state index is -3.09. The van der Waals surface area contributed by atoms with Crippen molar-refractivity contribution in [3.05, 3.63) is 27.9 Å². The maximum atomic E-state index is 12.1. The highest BCUT2D eigenvalue weighted by molar-refractivity contribution is 7.88. The predicted octanol–water partition coefficient (Wildman–Crippen LogP) is 0.532. The maximum Gasteiger partial charge on any atom is 0.256 e. The zero-order valence-electron chi connectivity index (χ0n) is 12.2. The third-order valence-electron chi connectivity index (χ3n) is 4.01. The Labute approximate surface area is 119 Å². The lowest BCUT2D eigenvalue weighted by molar-refractivity contribution is 0.251. The van der Waals surface area contributed by atoms with E-state index in [9.17, 15) is 13.2 Å². The molecule has 1 aliphatic rings. The Morgan fingerprint density at radius 1 is 1.30 bits per heavy atom. The van der Waals surface area contributed by atoms with E-state index in [0.717, 1.165) is 18.5 Å². The standard InChI is InChI=1S/C13H21N3O3S/c1-10-11(2)14-9-15(13(10)17)8-12-4-6-16(7-5-12)20(3,18)19/h9,12H,4-8H2,1-3H3. The number of aromatic nitrogens is 2. The normalized spacial score (nSPS) is 18.4. The molecule has 0 N–H and O–H groups in total. The van der Waals surface area contributed by atoms with E-state index in [2.05, 4.69) is 4.98 Å². The van der Waals surface area contributed by atoms with Crippen LogP contribution < -0.4 is 5.56 Å². The summed E-state index contributed by atoms with van der Waals surface area (Å²) < 4.78 is 26.0. The van der Waals surface area contributed by atoms with Crippen LogP contribution in [0.2, 0.25) is 0 Å². The molecule has 1 aromatic heterocycles. The first-order valence-corrected chi connectivity index (χ1v) is 8.61. The maximum absolute atomic E-state index is 12.1. The molecular weight excluding hydrogens is 278 g/mol. The Balaban J connectivity index is 2.04. The van der Waals surface area contributed by atoms with Crippen LogP contribution in [0.25, 0.3) is 0 Å². The lowest BCUT2D eigenvalue weighted by atomic mass is 9.98. The second-order valence-corrected chi connectivity index (χ2v) is 7.50. The first-order valence-electron chi connectivity index (χ1n) is 6.77. The van der Waals surface area contributed by atoms with Gasteiger partial charge in [0, 0.05) is 30.9 Å². The first kappa shape index (κ1) is 15.2. The largest absolute Gasteiger partial charge is 0.299 e. The molecule has 0 saturated carbocycles. The Hall–Kier alpha value is -1.21. The third-order valence-corrected chi connectivity index (χ3v) is 5.32. The molecule has 0 aliphatic carbocycles. The van der Waals surface area contributed by atoms with Crippen molar-refractivity contribution in [1.82, 2.24) is 13.9 Å². The fraction of sp³-hybridized carbons (Fsp3) is 0.692. The van der Waals surface area contributed by atoms with Crippen molar-refractivity contribution in [2.24, 2.45) is 5.92 Å². The van der Waals surface area contributed by atoms with Gasteiger partial charge in [-0.2, -0.15) is 0 Å². The van der Waals surface area contributed by atoms with Crippen LogP contribution in [-0.2, 0) is 16.6 Å². The molecule has 0 bridgehead atoms. The first-order chi connectivity index (χ1) is 9.29. The minimum Gasteiger partial charge on any atom is -0.299 e. The lowest BCUT2D eigenvalue weighted by Crippen LogP contribution is -2.39. The quantitative estimate of drug-likeness (QED) is 0.816. The number of aryl methyl sites for hydroxylation is 1. The molecule has 0 spiro atoms. The smallest absolute Gasteiger partial charge is 0.256 e. The molecule has 1 saturated heterocycles. The van der Waals surface area contributed by atoms with Gasteiger partial charge in [0.05, 0.1) is 12.6 Å². The molecule has 0 unspecified atom stereocenters. The van der Waals surface area contributed by atoms with Crippen LogP contribution in [0.5, 0.6) is 0 Å². The Bertz CT molecular complexity index is 643. The van der Waals surface area contributed by atoms with E-state index in [4.69, 9.17) is 0 Å². The highest BCUT2D eigenvalue weighted by Gasteiger charge is 2.25. The molecule has 112 valence electrons. The number of piperidine rings is 1. The molecule has 20 heavy (non-hydrogen) atoms. The summed E-state index contributed by atoms with van der Waals surface area (Å²) >= 11 is 0. The second-order valence-electron chi connectivity index (χ2n) is 5.52. The molecule has 6 nitrogen and oxygen atoms in total. The van der Waals surface area contributed by atoms with E-state index in [1.807, 2.05) is 6.92 Å². The van der Waals surface area contributed by atoms with Crippen molar-refractivity contribution >= 4 is 10.0 Å². The minimum absolute atomic E-state index is 0.00282. The van der Waals surface area contributed by atoms with Crippen molar-refractivity contribution in [2.75, 3.05) is 19.3 Å². The van der Waals surface area contributed by atoms with Gasteiger partial charge in [-0.05, 0) is 32.6 Å². The zero-order chi connectivity index (χ0) is 14.9. The zero-order valence-corrected chi connectivity index (χ0v) is 13.0. The van der Waals surface area contributed by atoms with Crippen molar-refractivity contribution in [1.29, 1.82) is 0 Å². The molecule has 1 aromatic rings. The molecule has 0 aromatic carbocycles. The fourth-order valence-corrected chi connectivity index (χ4v) is 3.38. The van der Waals surface area contributed by atoms with Crippen molar-refractivity contribution in [2.45, 2.75) is 33.2 Å². The summed E-state index contributed by atoms with van der Waals surface area (Å²) in [5.74, 6) is 0.328. The van der Waals surface area contributed by atoms with Crippen molar-refractivity contribution in [3.8, 4) is 0 Å². The summed E-state index contributed by atoms with van der Waals surface area (Å²) in [6.07, 6.45) is 4.40. The van der Waals surface area contributed by atoms with Crippen LogP contribution in [0.3, 0.4) is 0 Å². The van der Waals surface area contributed by atoms with Crippen LogP contribution in [0.4, 0.5) is 0 Å². The fourth-order valence-electron chi connectivity index (χ4n) is 2.51. The Kier molecular flexibility index (Phi) is 4.29. The van der Waals surface area contributed by atoms with Gasteiger partial charge in [0.25, 0.3) is 5.56 Å². The van der Waals surface area contributed by atoms with Gasteiger partial charge >= 0.3 is 0 Å². The van der Waals surface area contributed by atoms with Crippen LogP contribution in [-0.4, -0.2) is 41.6 Å². The van der Waals surface area contributed by atoms with Gasteiger partial charge in [0.2, 0.25) is 10.0 Å². The summed E-state index contributed by atoms with van der Waals surface area (Å²) in [7, 11) is -3.09. The van der Waals surface area contributed by atoms with Gasteiger partial charge in [-0.3, -0.25) is 9.36 Å². The van der Waals surface area contributed by atoms with E-state index in [0.29, 0.717) is 31.1 Å². The molecule has 0 radical (unpaired) electrons. The lowest BCUT2D eigenvalue weighted by Gasteiger charge is -2.30. The van der Waals surface area contributed by atoms with Crippen LogP contribution >= 0.6 is 0 Å². The highest BCUT2D eigenvalue weighted by atomic mass is 32.2. The SMILES string of the molecule is Cc1ncn(CC2CCN(S(C)(=O)=O)CC2)c(=O)c1C. The summed E-state index contributed by atoms with van der Waals surface area (Å²) in [5, 5.41) is 0. The monoisotopic (exact) mass is 299 g/mol. The average molecular weight is 299 g/mol. The summed E-state index contributed by atoms with van der Waals surface area (Å²) in [5.41, 5.74) is 1.45. The van der Waals surface area contributed by atoms with Crippen LogP contribution in [0, 0.1) is 19.8 Å². The van der Waals surface area contributed by atoms with E-state index in [1.54, 1.807) is 17.8 Å². The van der Waals surface area contributed by atoms with E-state index in [1.165, 1.54) is 10.6 Å². The van der Waals surface area contributed by atoms with Crippen LogP contribution in [0.15, 0.2) is 11.1 Å². The number of sulfonamides is 1. The van der Waals surface area contributed by atoms with Crippen LogP contribution in [0.1, 0.15) is 24.1 Å². The molecule has 0 atom stereocenters. The van der Waals surface area contributed by atoms with Gasteiger partial charge < -0.3 is 0 Å². The number of nitrogens with zero attached hydrogens (tertiary/aromatic N) is 3. The molecule has 2 heterocycles. The van der Waals surface area contributed by atoms with Gasteiger partial charge in [-0.25, -0.2) is 17.7 Å². The molecule has 7 heteroatoms. The number of rotatable bonds is 3. The average Bonchev–Trinajstić information content (AvgIpc) is 2.39. The third kappa shape index (κ3) is 3.27. The summed E-state index contributed by atoms with van der Waals surface area (Å²) in [6, 6.07) is 0. The van der Waals surface area contributed by atoms with Crippen molar-refractivity contribution < 1.29 is 8.42 Å². The number of hydrogen-bond acceptors (Lipinski definition) is 4. The molecule has 2 rings (SSSR count). The molecule has 1 aliphatic heterocycles. The second kappa shape index (κ2) is 5.65. The molecule has 0 amide bonds. The van der Waals surface area contributed by atoms with E-state index >= 15 is 0 Å². The predicted molar refractivity (Wildman–Crippen MR) is 77.1 cm³/mol. The summed E-state index contributed by atoms with van der Waals surface area (Å²) in [4.78, 5) is 16.3. The van der Waals surface area contributed by atoms with E-state index < -0.39 is 10.0 Å². The van der Waals surface area contributed by atoms with Gasteiger partial charge in [-0.1, -0.05) is 0 Å². The number of hydrogen-bond donors (Lipinski definition) is 0. The van der Waals surface area contributed by atoms with Gasteiger partial charge in [0.15, 0.2) is 0 Å². The van der Waals surface area contributed by atoms with E-state index in [-0.39, 0.29) is 5.56 Å². The molecule has 1 fully saturated rings. The highest BCUT2D eigenvalue weighted by Crippen LogP contribution is 2.20. The topological polar surface area (TPSA) is 72.3 Å². The Morgan fingerprint density at radius 3 is 2.45 bits per heavy atom. The Morgan fingerprint density at radius 2 is 1.90 bits per heavy atom. The van der Waals surface area contributed by atoms with Gasteiger partial charge in [0.1, 0.15) is 0 Å². The van der Waals surface area contributed by atoms with Crippen molar-refractivity contribution in [3.63, 3.8) is 0 Å².